The van der Waals surface area contributed by atoms with E-state index in [1.807, 2.05) is 6.92 Å². The number of aromatic nitrogens is 3. The highest BCUT2D eigenvalue weighted by Gasteiger charge is 2.16. The number of carbonyl (C=O) groups excluding carboxylic acids is 1. The van der Waals surface area contributed by atoms with Crippen LogP contribution in [-0.4, -0.2) is 40.6 Å². The van der Waals surface area contributed by atoms with Gasteiger partial charge in [0, 0.05) is 11.6 Å². The Labute approximate surface area is 124 Å². The summed E-state index contributed by atoms with van der Waals surface area (Å²) in [6.45, 7) is 2.02. The van der Waals surface area contributed by atoms with Gasteiger partial charge in [0.25, 0.3) is 0 Å². The lowest BCUT2D eigenvalue weighted by Gasteiger charge is -2.12. The molecule has 2 aromatic rings. The minimum absolute atomic E-state index is 0.149. The van der Waals surface area contributed by atoms with Gasteiger partial charge in [0.15, 0.2) is 0 Å². The van der Waals surface area contributed by atoms with Crippen molar-refractivity contribution in [1.29, 1.82) is 0 Å². The van der Waals surface area contributed by atoms with Crippen molar-refractivity contribution >= 4 is 21.9 Å². The van der Waals surface area contributed by atoms with Gasteiger partial charge < -0.3 is 9.47 Å². The van der Waals surface area contributed by atoms with Gasteiger partial charge in [-0.1, -0.05) is 15.9 Å². The maximum atomic E-state index is 12.1. The first-order valence-corrected chi connectivity index (χ1v) is 6.75. The number of nitrogens with zero attached hydrogens (tertiary/aromatic N) is 3. The van der Waals surface area contributed by atoms with Crippen LogP contribution in [0.4, 0.5) is 0 Å². The first kappa shape index (κ1) is 14.7. The van der Waals surface area contributed by atoms with Crippen molar-refractivity contribution in [2.75, 3.05) is 13.7 Å². The highest BCUT2D eigenvalue weighted by atomic mass is 79.9. The molecule has 0 aliphatic rings. The maximum absolute atomic E-state index is 12.1. The molecular weight excluding hydrogens is 326 g/mol. The van der Waals surface area contributed by atoms with Gasteiger partial charge in [-0.3, -0.25) is 0 Å². The van der Waals surface area contributed by atoms with Gasteiger partial charge >= 0.3 is 5.97 Å². The second-order valence-corrected chi connectivity index (χ2v) is 5.06. The summed E-state index contributed by atoms with van der Waals surface area (Å²) in [6.07, 6.45) is 2.78. The molecular formula is C13H14BrN3O3. The molecule has 106 valence electrons. The number of hydrogen-bond acceptors (Lipinski definition) is 5. The molecule has 0 N–H and O–H groups in total. The molecule has 1 aromatic heterocycles. The third kappa shape index (κ3) is 3.43. The van der Waals surface area contributed by atoms with Gasteiger partial charge in [-0.25, -0.2) is 14.5 Å². The summed E-state index contributed by atoms with van der Waals surface area (Å²) in [5, 5.41) is 4.03. The van der Waals surface area contributed by atoms with Crippen molar-refractivity contribution in [2.45, 2.75) is 13.0 Å². The van der Waals surface area contributed by atoms with E-state index in [-0.39, 0.29) is 12.7 Å². The predicted molar refractivity (Wildman–Crippen MR) is 75.8 cm³/mol. The number of benzene rings is 1. The molecule has 0 aliphatic heterocycles. The van der Waals surface area contributed by atoms with E-state index in [1.165, 1.54) is 17.3 Å². The number of methoxy groups -OCH3 is 1. The van der Waals surface area contributed by atoms with Crippen LogP contribution >= 0.6 is 15.9 Å². The Morgan fingerprint density at radius 3 is 2.95 bits per heavy atom. The fourth-order valence-corrected chi connectivity index (χ4v) is 1.89. The van der Waals surface area contributed by atoms with E-state index in [0.29, 0.717) is 11.3 Å². The second-order valence-electron chi connectivity index (χ2n) is 4.15. The smallest absolute Gasteiger partial charge is 0.340 e. The molecule has 20 heavy (non-hydrogen) atoms. The Morgan fingerprint density at radius 2 is 2.30 bits per heavy atom. The average Bonchev–Trinajstić information content (AvgIpc) is 2.98. The van der Waals surface area contributed by atoms with E-state index in [1.54, 1.807) is 25.3 Å². The molecule has 6 nitrogen and oxygen atoms in total. The minimum Gasteiger partial charge on any atom is -0.459 e. The molecule has 0 bridgehead atoms. The SMILES string of the molecule is CO[C@@H](C)COC(=O)c1ccc(Br)cc1-n1cncn1. The molecule has 1 aromatic carbocycles. The summed E-state index contributed by atoms with van der Waals surface area (Å²) < 4.78 is 12.6. The molecule has 7 heteroatoms. The largest absolute Gasteiger partial charge is 0.459 e. The lowest BCUT2D eigenvalue weighted by Crippen LogP contribution is -2.18. The van der Waals surface area contributed by atoms with Crippen LogP contribution in [0.25, 0.3) is 5.69 Å². The fraction of sp³-hybridized carbons (Fsp3) is 0.308. The van der Waals surface area contributed by atoms with Gasteiger partial charge in [0.05, 0.1) is 17.4 Å². The standard InChI is InChI=1S/C13H14BrN3O3/c1-9(19-2)6-20-13(18)11-4-3-10(14)5-12(11)17-8-15-7-16-17/h3-5,7-9H,6H2,1-2H3/t9-/m0/s1. The van der Waals surface area contributed by atoms with Crippen LogP contribution in [0.2, 0.25) is 0 Å². The molecule has 0 saturated carbocycles. The van der Waals surface area contributed by atoms with Crippen molar-refractivity contribution < 1.29 is 14.3 Å². The summed E-state index contributed by atoms with van der Waals surface area (Å²) in [7, 11) is 1.57. The number of halogens is 1. The van der Waals surface area contributed by atoms with E-state index in [9.17, 15) is 4.79 Å². The summed E-state index contributed by atoms with van der Waals surface area (Å²) in [5.41, 5.74) is 1.02. The molecule has 0 aliphatic carbocycles. The molecule has 0 unspecified atom stereocenters. The number of ether oxygens (including phenoxy) is 2. The third-order valence-electron chi connectivity index (χ3n) is 2.70. The van der Waals surface area contributed by atoms with Crippen molar-refractivity contribution in [3.63, 3.8) is 0 Å². The van der Waals surface area contributed by atoms with Gasteiger partial charge in [-0.2, -0.15) is 5.10 Å². The Morgan fingerprint density at radius 1 is 1.50 bits per heavy atom. The topological polar surface area (TPSA) is 66.2 Å². The van der Waals surface area contributed by atoms with Gasteiger partial charge in [0.1, 0.15) is 19.3 Å². The zero-order valence-corrected chi connectivity index (χ0v) is 12.7. The van der Waals surface area contributed by atoms with E-state index in [0.717, 1.165) is 4.47 Å². The number of rotatable bonds is 5. The minimum atomic E-state index is -0.424. The van der Waals surface area contributed by atoms with Gasteiger partial charge in [-0.05, 0) is 25.1 Å². The highest BCUT2D eigenvalue weighted by Crippen LogP contribution is 2.20. The first-order valence-electron chi connectivity index (χ1n) is 5.96. The maximum Gasteiger partial charge on any atom is 0.340 e. The van der Waals surface area contributed by atoms with E-state index < -0.39 is 5.97 Å². The third-order valence-corrected chi connectivity index (χ3v) is 3.19. The number of carbonyl (C=O) groups is 1. The molecule has 0 spiro atoms. The van der Waals surface area contributed by atoms with Gasteiger partial charge in [-0.15, -0.1) is 0 Å². The van der Waals surface area contributed by atoms with Crippen molar-refractivity contribution in [3.05, 3.63) is 40.9 Å². The summed E-state index contributed by atoms with van der Waals surface area (Å²) in [6, 6.07) is 5.24. The Balaban J connectivity index is 2.25. The molecule has 0 saturated heterocycles. The van der Waals surface area contributed by atoms with Crippen LogP contribution in [0, 0.1) is 0 Å². The van der Waals surface area contributed by atoms with Crippen LogP contribution in [0.1, 0.15) is 17.3 Å². The molecule has 0 amide bonds. The first-order chi connectivity index (χ1) is 9.61. The summed E-state index contributed by atoms with van der Waals surface area (Å²) in [4.78, 5) is 16.0. The number of hydrogen-bond donors (Lipinski definition) is 0. The highest BCUT2D eigenvalue weighted by molar-refractivity contribution is 9.10. The fourth-order valence-electron chi connectivity index (χ4n) is 1.54. The number of esters is 1. The summed E-state index contributed by atoms with van der Waals surface area (Å²) >= 11 is 3.37. The van der Waals surface area contributed by atoms with Crippen molar-refractivity contribution in [1.82, 2.24) is 14.8 Å². The van der Waals surface area contributed by atoms with Crippen LogP contribution in [0.15, 0.2) is 35.3 Å². The van der Waals surface area contributed by atoms with Gasteiger partial charge in [0.2, 0.25) is 0 Å². The molecule has 1 atom stereocenters. The second kappa shape index (κ2) is 6.62. The summed E-state index contributed by atoms with van der Waals surface area (Å²) in [5.74, 6) is -0.424. The molecule has 1 heterocycles. The average molecular weight is 340 g/mol. The zero-order valence-electron chi connectivity index (χ0n) is 11.1. The Bertz CT molecular complexity index is 587. The monoisotopic (exact) mass is 339 g/mol. The van der Waals surface area contributed by atoms with Crippen LogP contribution in [0.3, 0.4) is 0 Å². The van der Waals surface area contributed by atoms with Crippen LogP contribution in [-0.2, 0) is 9.47 Å². The van der Waals surface area contributed by atoms with Crippen LogP contribution in [0.5, 0.6) is 0 Å². The predicted octanol–water partition coefficient (Wildman–Crippen LogP) is 2.22. The normalized spacial score (nSPS) is 12.2. The van der Waals surface area contributed by atoms with E-state index in [2.05, 4.69) is 26.0 Å². The Kier molecular flexibility index (Phi) is 4.86. The molecule has 2 rings (SSSR count). The molecule has 0 fully saturated rings. The zero-order chi connectivity index (χ0) is 14.5. The quantitative estimate of drug-likeness (QED) is 0.781. The molecule has 0 radical (unpaired) electrons. The Hall–Kier alpha value is -1.73. The lowest BCUT2D eigenvalue weighted by atomic mass is 10.2. The van der Waals surface area contributed by atoms with Crippen LogP contribution < -0.4 is 0 Å². The van der Waals surface area contributed by atoms with E-state index >= 15 is 0 Å². The van der Waals surface area contributed by atoms with Crippen molar-refractivity contribution in [2.24, 2.45) is 0 Å². The van der Waals surface area contributed by atoms with E-state index in [4.69, 9.17) is 9.47 Å². The lowest BCUT2D eigenvalue weighted by molar-refractivity contribution is 0.0169. The van der Waals surface area contributed by atoms with Crippen molar-refractivity contribution in [3.8, 4) is 5.69 Å².